The first-order chi connectivity index (χ1) is 13.0. The van der Waals surface area contributed by atoms with Crippen molar-refractivity contribution in [3.8, 4) is 11.5 Å². The Morgan fingerprint density at radius 2 is 1.70 bits per heavy atom. The van der Waals surface area contributed by atoms with Gasteiger partial charge in [-0.3, -0.25) is 14.4 Å². The van der Waals surface area contributed by atoms with E-state index >= 15 is 0 Å². The SMILES string of the molecule is NC(=O)c1cccc(COC(=O)CCC(=O)c2ccc3c(c2)OCCO3)c1. The fourth-order valence-corrected chi connectivity index (χ4v) is 2.63. The molecule has 0 unspecified atom stereocenters. The van der Waals surface area contributed by atoms with Gasteiger partial charge in [0.25, 0.3) is 0 Å². The van der Waals surface area contributed by atoms with Gasteiger partial charge in [-0.05, 0) is 35.9 Å². The minimum atomic E-state index is -0.548. The van der Waals surface area contributed by atoms with Crippen LogP contribution in [0.2, 0.25) is 0 Å². The van der Waals surface area contributed by atoms with Crippen LogP contribution in [0.3, 0.4) is 0 Å². The summed E-state index contributed by atoms with van der Waals surface area (Å²) >= 11 is 0. The minimum absolute atomic E-state index is 0.0121. The predicted molar refractivity (Wildman–Crippen MR) is 95.8 cm³/mol. The van der Waals surface area contributed by atoms with Gasteiger partial charge in [0.2, 0.25) is 5.91 Å². The van der Waals surface area contributed by atoms with E-state index in [-0.39, 0.29) is 25.2 Å². The standard InChI is InChI=1S/C20H19NO6/c21-20(24)15-3-1-2-13(10-15)12-27-19(23)7-5-16(22)14-4-6-17-18(11-14)26-9-8-25-17/h1-4,6,10-11H,5,7-9,12H2,(H2,21,24). The molecule has 7 nitrogen and oxygen atoms in total. The first-order valence-electron chi connectivity index (χ1n) is 8.50. The maximum absolute atomic E-state index is 12.3. The van der Waals surface area contributed by atoms with Crippen LogP contribution in [0.25, 0.3) is 0 Å². The van der Waals surface area contributed by atoms with Crippen molar-refractivity contribution in [3.63, 3.8) is 0 Å². The Bertz CT molecular complexity index is 877. The maximum Gasteiger partial charge on any atom is 0.306 e. The average molecular weight is 369 g/mol. The lowest BCUT2D eigenvalue weighted by molar-refractivity contribution is -0.144. The highest BCUT2D eigenvalue weighted by atomic mass is 16.6. The lowest BCUT2D eigenvalue weighted by Crippen LogP contribution is -2.16. The van der Waals surface area contributed by atoms with Crippen LogP contribution in [-0.4, -0.2) is 30.9 Å². The molecule has 140 valence electrons. The summed E-state index contributed by atoms with van der Waals surface area (Å²) in [4.78, 5) is 35.3. The third-order valence-electron chi connectivity index (χ3n) is 4.03. The molecule has 0 bridgehead atoms. The Kier molecular flexibility index (Phi) is 5.71. The number of Topliss-reactive ketones (excluding diaryl/α,β-unsaturated/α-hetero) is 1. The number of primary amides is 1. The molecule has 1 heterocycles. The highest BCUT2D eigenvalue weighted by Crippen LogP contribution is 2.31. The molecule has 1 aliphatic heterocycles. The lowest BCUT2D eigenvalue weighted by atomic mass is 10.1. The van der Waals surface area contributed by atoms with Gasteiger partial charge in [-0.1, -0.05) is 12.1 Å². The number of rotatable bonds is 7. The number of ether oxygens (including phenoxy) is 3. The van der Waals surface area contributed by atoms with E-state index in [0.717, 1.165) is 0 Å². The molecule has 27 heavy (non-hydrogen) atoms. The number of amides is 1. The Morgan fingerprint density at radius 1 is 0.926 bits per heavy atom. The molecule has 1 aliphatic rings. The van der Waals surface area contributed by atoms with Gasteiger partial charge in [0.15, 0.2) is 17.3 Å². The van der Waals surface area contributed by atoms with Crippen LogP contribution in [0.5, 0.6) is 11.5 Å². The zero-order valence-corrected chi connectivity index (χ0v) is 14.6. The molecule has 0 saturated heterocycles. The molecule has 2 aromatic carbocycles. The maximum atomic E-state index is 12.3. The molecule has 2 aromatic rings. The molecule has 0 aromatic heterocycles. The largest absolute Gasteiger partial charge is 0.486 e. The van der Waals surface area contributed by atoms with E-state index in [9.17, 15) is 14.4 Å². The van der Waals surface area contributed by atoms with Crippen molar-refractivity contribution in [1.29, 1.82) is 0 Å². The number of esters is 1. The van der Waals surface area contributed by atoms with Crippen molar-refractivity contribution in [3.05, 3.63) is 59.2 Å². The number of benzene rings is 2. The summed E-state index contributed by atoms with van der Waals surface area (Å²) in [5, 5.41) is 0. The van der Waals surface area contributed by atoms with Crippen LogP contribution in [0, 0.1) is 0 Å². The molecule has 2 N–H and O–H groups in total. The monoisotopic (exact) mass is 369 g/mol. The number of nitrogens with two attached hydrogens (primary N) is 1. The van der Waals surface area contributed by atoms with Crippen LogP contribution < -0.4 is 15.2 Å². The normalized spacial score (nSPS) is 12.3. The van der Waals surface area contributed by atoms with Crippen molar-refractivity contribution in [2.75, 3.05) is 13.2 Å². The van der Waals surface area contributed by atoms with Gasteiger partial charge in [-0.2, -0.15) is 0 Å². The second kappa shape index (κ2) is 8.35. The van der Waals surface area contributed by atoms with Gasteiger partial charge in [0.05, 0.1) is 6.42 Å². The highest BCUT2D eigenvalue weighted by molar-refractivity contribution is 5.98. The topological polar surface area (TPSA) is 105 Å². The van der Waals surface area contributed by atoms with Gasteiger partial charge in [-0.15, -0.1) is 0 Å². The van der Waals surface area contributed by atoms with Crippen molar-refractivity contribution in [1.82, 2.24) is 0 Å². The van der Waals surface area contributed by atoms with Crippen molar-refractivity contribution >= 4 is 17.7 Å². The van der Waals surface area contributed by atoms with E-state index in [0.29, 0.717) is 41.4 Å². The van der Waals surface area contributed by atoms with Crippen molar-refractivity contribution < 1.29 is 28.6 Å². The summed E-state index contributed by atoms with van der Waals surface area (Å²) in [6.45, 7) is 0.931. The Labute approximate surface area is 156 Å². The summed E-state index contributed by atoms with van der Waals surface area (Å²) in [5.41, 5.74) is 6.67. The number of carbonyl (C=O) groups excluding carboxylic acids is 3. The molecular weight excluding hydrogens is 350 g/mol. The third kappa shape index (κ3) is 4.84. The highest BCUT2D eigenvalue weighted by Gasteiger charge is 2.16. The van der Waals surface area contributed by atoms with Crippen LogP contribution >= 0.6 is 0 Å². The first-order valence-corrected chi connectivity index (χ1v) is 8.50. The second-order valence-electron chi connectivity index (χ2n) is 6.01. The number of carbonyl (C=O) groups is 3. The van der Waals surface area contributed by atoms with Crippen LogP contribution in [0.1, 0.15) is 39.1 Å². The number of hydrogen-bond donors (Lipinski definition) is 1. The smallest absolute Gasteiger partial charge is 0.306 e. The third-order valence-corrected chi connectivity index (χ3v) is 4.03. The van der Waals surface area contributed by atoms with Crippen LogP contribution in [0.4, 0.5) is 0 Å². The number of ketones is 1. The van der Waals surface area contributed by atoms with E-state index in [1.807, 2.05) is 0 Å². The minimum Gasteiger partial charge on any atom is -0.486 e. The molecule has 0 aliphatic carbocycles. The average Bonchev–Trinajstić information content (AvgIpc) is 2.70. The summed E-state index contributed by atoms with van der Waals surface area (Å²) in [6, 6.07) is 11.5. The fourth-order valence-electron chi connectivity index (χ4n) is 2.63. The lowest BCUT2D eigenvalue weighted by Gasteiger charge is -2.18. The van der Waals surface area contributed by atoms with E-state index in [2.05, 4.69) is 0 Å². The molecule has 1 amide bonds. The van der Waals surface area contributed by atoms with E-state index in [1.54, 1.807) is 42.5 Å². The van der Waals surface area contributed by atoms with Crippen LogP contribution in [0.15, 0.2) is 42.5 Å². The van der Waals surface area contributed by atoms with Gasteiger partial charge in [0.1, 0.15) is 19.8 Å². The number of fused-ring (bicyclic) bond motifs is 1. The molecule has 0 saturated carbocycles. The summed E-state index contributed by atoms with van der Waals surface area (Å²) in [7, 11) is 0. The van der Waals surface area contributed by atoms with Gasteiger partial charge < -0.3 is 19.9 Å². The summed E-state index contributed by atoms with van der Waals surface area (Å²) < 4.78 is 16.0. The predicted octanol–water partition coefficient (Wildman–Crippen LogP) is 2.26. The number of hydrogen-bond acceptors (Lipinski definition) is 6. The molecule has 0 atom stereocenters. The van der Waals surface area contributed by atoms with Gasteiger partial charge in [-0.25, -0.2) is 0 Å². The fraction of sp³-hybridized carbons (Fsp3) is 0.250. The van der Waals surface area contributed by atoms with Crippen molar-refractivity contribution in [2.24, 2.45) is 5.73 Å². The quantitative estimate of drug-likeness (QED) is 0.593. The first kappa shape index (κ1) is 18.4. The molecule has 0 spiro atoms. The molecule has 3 rings (SSSR count). The van der Waals surface area contributed by atoms with Gasteiger partial charge in [0, 0.05) is 17.5 Å². The van der Waals surface area contributed by atoms with E-state index in [1.165, 1.54) is 0 Å². The molecule has 0 radical (unpaired) electrons. The Balaban J connectivity index is 1.49. The zero-order chi connectivity index (χ0) is 19.2. The van der Waals surface area contributed by atoms with Crippen molar-refractivity contribution in [2.45, 2.75) is 19.4 Å². The van der Waals surface area contributed by atoms with E-state index in [4.69, 9.17) is 19.9 Å². The molecular formula is C20H19NO6. The van der Waals surface area contributed by atoms with Gasteiger partial charge >= 0.3 is 5.97 Å². The summed E-state index contributed by atoms with van der Waals surface area (Å²) in [6.07, 6.45) is -0.0113. The zero-order valence-electron chi connectivity index (χ0n) is 14.6. The van der Waals surface area contributed by atoms with E-state index < -0.39 is 11.9 Å². The Hall–Kier alpha value is -3.35. The molecule has 7 heteroatoms. The summed E-state index contributed by atoms with van der Waals surface area (Å²) in [5.74, 6) is -0.0855. The second-order valence-corrected chi connectivity index (χ2v) is 6.01. The molecule has 0 fully saturated rings. The Morgan fingerprint density at radius 3 is 2.48 bits per heavy atom. The van der Waals surface area contributed by atoms with Crippen LogP contribution in [-0.2, 0) is 16.1 Å².